The highest BCUT2D eigenvalue weighted by atomic mass is 31.2. The van der Waals surface area contributed by atoms with Gasteiger partial charge in [-0.05, 0) is 111 Å². The van der Waals surface area contributed by atoms with Crippen molar-refractivity contribution in [1.82, 2.24) is 0 Å². The quantitative estimate of drug-likeness (QED) is 0.0638. The predicted octanol–water partition coefficient (Wildman–Crippen LogP) is 11.7. The number of rotatable bonds is 22. The van der Waals surface area contributed by atoms with Crippen LogP contribution in [0.15, 0.2) is 0 Å². The van der Waals surface area contributed by atoms with Gasteiger partial charge in [0.25, 0.3) is 0 Å². The van der Waals surface area contributed by atoms with Gasteiger partial charge in [-0.15, -0.1) is 0 Å². The summed E-state index contributed by atoms with van der Waals surface area (Å²) in [5.41, 5.74) is -0.881. The van der Waals surface area contributed by atoms with Crippen molar-refractivity contribution in [1.29, 1.82) is 0 Å². The summed E-state index contributed by atoms with van der Waals surface area (Å²) in [4.78, 5) is 23.3. The molecule has 0 aromatic heterocycles. The van der Waals surface area contributed by atoms with Crippen molar-refractivity contribution < 1.29 is 34.0 Å². The Kier molecular flexibility index (Phi) is 16.2. The predicted molar refractivity (Wildman–Crippen MR) is 220 cm³/mol. The van der Waals surface area contributed by atoms with Crippen LogP contribution in [0.1, 0.15) is 208 Å². The molecule has 4 N–H and O–H groups in total. The maximum Gasteiger partial charge on any atom is 0.332 e. The first-order chi connectivity index (χ1) is 25.7. The molecule has 0 spiro atoms. The Hall–Kier alpha value is -0.0100. The summed E-state index contributed by atoms with van der Waals surface area (Å²) in [7, 11) is -4.57. The molecule has 0 aromatic carbocycles. The molecule has 316 valence electrons. The first kappa shape index (κ1) is 45.1. The van der Waals surface area contributed by atoms with Gasteiger partial charge in [-0.2, -0.15) is 0 Å². The van der Waals surface area contributed by atoms with Gasteiger partial charge in [0.15, 0.2) is 6.29 Å². The minimum absolute atomic E-state index is 0.0927. The van der Waals surface area contributed by atoms with Gasteiger partial charge in [-0.25, -0.2) is 0 Å². The molecule has 54 heavy (non-hydrogen) atoms. The van der Waals surface area contributed by atoms with Crippen molar-refractivity contribution in [3.05, 3.63) is 0 Å². The highest BCUT2D eigenvalue weighted by molar-refractivity contribution is 7.53. The van der Waals surface area contributed by atoms with Crippen LogP contribution in [-0.4, -0.2) is 55.9 Å². The smallest absolute Gasteiger partial charge is 0.332 e. The van der Waals surface area contributed by atoms with E-state index in [4.69, 9.17) is 9.47 Å². The van der Waals surface area contributed by atoms with E-state index in [0.717, 1.165) is 50.4 Å². The van der Waals surface area contributed by atoms with E-state index in [1.807, 2.05) is 0 Å². The van der Waals surface area contributed by atoms with Crippen LogP contribution in [0.2, 0.25) is 0 Å². The first-order valence-corrected chi connectivity index (χ1v) is 25.0. The second kappa shape index (κ2) is 19.4. The highest BCUT2D eigenvalue weighted by Gasteiger charge is 2.72. The van der Waals surface area contributed by atoms with Gasteiger partial charge in [-0.3, -0.25) is 4.57 Å². The van der Waals surface area contributed by atoms with Gasteiger partial charge in [0.05, 0.1) is 23.5 Å². The molecule has 1 heterocycles. The zero-order chi connectivity index (χ0) is 39.2. The van der Waals surface area contributed by atoms with Crippen LogP contribution in [0.25, 0.3) is 0 Å². The Labute approximate surface area is 331 Å². The number of aliphatic hydroxyl groups is 2. The molecule has 7 unspecified atom stereocenters. The largest absolute Gasteiger partial charge is 0.394 e. The molecule has 5 fully saturated rings. The molecule has 5 rings (SSSR count). The number of unbranched alkanes of at least 4 members (excludes halogenated alkanes) is 12. The topological polar surface area (TPSA) is 116 Å². The van der Waals surface area contributed by atoms with Crippen molar-refractivity contribution in [3.63, 3.8) is 0 Å². The van der Waals surface area contributed by atoms with Gasteiger partial charge < -0.3 is 29.5 Å². The van der Waals surface area contributed by atoms with Crippen molar-refractivity contribution >= 4 is 7.60 Å². The molecular weight excluding hydrogens is 695 g/mol. The molecule has 8 heteroatoms. The second-order valence-electron chi connectivity index (χ2n) is 20.3. The number of hydrogen-bond donors (Lipinski definition) is 4. The van der Waals surface area contributed by atoms with Gasteiger partial charge in [-0.1, -0.05) is 138 Å². The number of ether oxygens (including phenoxy) is 2. The summed E-state index contributed by atoms with van der Waals surface area (Å²) >= 11 is 0. The van der Waals surface area contributed by atoms with Crippen LogP contribution >= 0.6 is 7.60 Å². The molecule has 1 aliphatic heterocycles. The minimum Gasteiger partial charge on any atom is -0.394 e. The van der Waals surface area contributed by atoms with Gasteiger partial charge >= 0.3 is 7.60 Å². The maximum atomic E-state index is 14.2. The van der Waals surface area contributed by atoms with Crippen LogP contribution in [-0.2, 0) is 14.0 Å². The standard InChI is InChI=1S/C46H85O7P/c1-7-9-10-11-12-13-14-15-16-17-18-19-20-22-35(4)45(53-42-31-40(48)41(32-47)52-42)30-29-44(6)39-26-27-43(5)37(34(3)21-8-2)23-24-38(43)36(39)25-28-46(44,33-45)54(49,50)51/h34-42,47-48H,7-33H2,1-6H3,(H2,49,50,51)/t34-,35?,36?,37-,38?,39?,40-,41-,42?,43-,44-,45?,46?/m1/s1. The van der Waals surface area contributed by atoms with E-state index in [2.05, 4.69) is 41.5 Å². The molecule has 4 saturated carbocycles. The fourth-order valence-electron chi connectivity index (χ4n) is 14.1. The van der Waals surface area contributed by atoms with Gasteiger partial charge in [0.1, 0.15) is 6.10 Å². The van der Waals surface area contributed by atoms with Crippen LogP contribution in [0.4, 0.5) is 0 Å². The number of hydrogen-bond acceptors (Lipinski definition) is 5. The Morgan fingerprint density at radius 2 is 1.39 bits per heavy atom. The average molecular weight is 781 g/mol. The molecule has 4 aliphatic carbocycles. The van der Waals surface area contributed by atoms with Gasteiger partial charge in [0.2, 0.25) is 0 Å². The van der Waals surface area contributed by atoms with E-state index in [-0.39, 0.29) is 18.9 Å². The summed E-state index contributed by atoms with van der Waals surface area (Å²) in [6, 6.07) is 0. The average Bonchev–Trinajstić information content (AvgIpc) is 3.67. The minimum atomic E-state index is -4.57. The Bertz CT molecular complexity index is 1190. The molecule has 0 aromatic rings. The third-order valence-electron chi connectivity index (χ3n) is 17.3. The van der Waals surface area contributed by atoms with E-state index >= 15 is 0 Å². The lowest BCUT2D eigenvalue weighted by atomic mass is 9.42. The number of fused-ring (bicyclic) bond motifs is 5. The van der Waals surface area contributed by atoms with E-state index in [9.17, 15) is 24.6 Å². The van der Waals surface area contributed by atoms with E-state index in [1.165, 1.54) is 109 Å². The normalized spacial score (nSPS) is 40.6. The lowest BCUT2D eigenvalue weighted by molar-refractivity contribution is -0.253. The van der Waals surface area contributed by atoms with E-state index < -0.39 is 42.3 Å². The van der Waals surface area contributed by atoms with Crippen molar-refractivity contribution in [2.75, 3.05) is 6.61 Å². The number of aliphatic hydroxyl groups excluding tert-OH is 2. The van der Waals surface area contributed by atoms with Crippen LogP contribution in [0.3, 0.4) is 0 Å². The van der Waals surface area contributed by atoms with Crippen molar-refractivity contribution in [2.24, 2.45) is 46.3 Å². The Morgan fingerprint density at radius 1 is 0.759 bits per heavy atom. The highest BCUT2D eigenvalue weighted by Crippen LogP contribution is 2.78. The second-order valence-corrected chi connectivity index (χ2v) is 22.2. The summed E-state index contributed by atoms with van der Waals surface area (Å²) < 4.78 is 27.4. The summed E-state index contributed by atoms with van der Waals surface area (Å²) in [5, 5.41) is 19.4. The summed E-state index contributed by atoms with van der Waals surface area (Å²) in [5.74, 6) is 3.08. The molecular formula is C46H85O7P. The first-order valence-electron chi connectivity index (χ1n) is 23.4. The summed E-state index contributed by atoms with van der Waals surface area (Å²) in [6.45, 7) is 13.9. The van der Waals surface area contributed by atoms with Crippen LogP contribution in [0, 0.1) is 46.3 Å². The zero-order valence-corrected chi connectivity index (χ0v) is 36.6. The van der Waals surface area contributed by atoms with E-state index in [0.29, 0.717) is 36.0 Å². The molecule has 0 bridgehead atoms. The molecule has 0 amide bonds. The molecule has 5 aliphatic rings. The van der Waals surface area contributed by atoms with Crippen LogP contribution in [0.5, 0.6) is 0 Å². The zero-order valence-electron chi connectivity index (χ0n) is 35.7. The fourth-order valence-corrected chi connectivity index (χ4v) is 15.9. The Balaban J connectivity index is 1.27. The van der Waals surface area contributed by atoms with Crippen molar-refractivity contribution in [2.45, 2.75) is 238 Å². The molecule has 13 atom stereocenters. The molecule has 0 radical (unpaired) electrons. The lowest BCUT2D eigenvalue weighted by Gasteiger charge is -2.67. The third kappa shape index (κ3) is 9.23. The fraction of sp³-hybridized carbons (Fsp3) is 1.00. The molecule has 7 nitrogen and oxygen atoms in total. The van der Waals surface area contributed by atoms with Crippen LogP contribution < -0.4 is 0 Å². The maximum absolute atomic E-state index is 14.2. The molecule has 1 saturated heterocycles. The summed E-state index contributed by atoms with van der Waals surface area (Å²) in [6.07, 6.45) is 26.7. The Morgan fingerprint density at radius 3 is 1.96 bits per heavy atom. The third-order valence-corrected chi connectivity index (χ3v) is 19.3. The van der Waals surface area contributed by atoms with Gasteiger partial charge in [0, 0.05) is 6.42 Å². The van der Waals surface area contributed by atoms with Crippen molar-refractivity contribution in [3.8, 4) is 0 Å². The monoisotopic (exact) mass is 781 g/mol. The van der Waals surface area contributed by atoms with E-state index in [1.54, 1.807) is 0 Å². The lowest BCUT2D eigenvalue weighted by Crippen LogP contribution is -2.66. The SMILES string of the molecule is CCCCCCCCCCCCCCCC(C)C1(OC2C[C@@H](O)[C@@H](CO)O2)CC[C@]2(C)C3CC[C@@]4(C)C(CC[C@@H]4[C@H](C)CCC)C3CCC2(P(=O)(O)O)C1.